The molecule has 0 aliphatic heterocycles. The maximum atomic E-state index is 5.82. The standard InChI is InChI=1S/C10H19NO2Si/c1-7(2)9-10(12-8(3)11-9)13-14(4,5)6/h7H,1-6H3. The molecule has 1 aromatic heterocycles. The third-order valence-electron chi connectivity index (χ3n) is 1.67. The van der Waals surface area contributed by atoms with E-state index in [1.165, 1.54) is 0 Å². The van der Waals surface area contributed by atoms with Crippen LogP contribution in [0, 0.1) is 6.92 Å². The van der Waals surface area contributed by atoms with Crippen LogP contribution in [-0.4, -0.2) is 13.3 Å². The van der Waals surface area contributed by atoms with Crippen LogP contribution in [0.15, 0.2) is 4.42 Å². The van der Waals surface area contributed by atoms with E-state index >= 15 is 0 Å². The van der Waals surface area contributed by atoms with E-state index in [0.29, 0.717) is 17.8 Å². The first-order chi connectivity index (χ1) is 6.29. The lowest BCUT2D eigenvalue weighted by molar-refractivity contribution is 0.367. The topological polar surface area (TPSA) is 35.3 Å². The Bertz CT molecular complexity index is 312. The first-order valence-electron chi connectivity index (χ1n) is 4.96. The van der Waals surface area contributed by atoms with Crippen LogP contribution >= 0.6 is 0 Å². The molecule has 1 heterocycles. The van der Waals surface area contributed by atoms with E-state index in [1.54, 1.807) is 0 Å². The van der Waals surface area contributed by atoms with Crippen molar-refractivity contribution in [2.45, 2.75) is 46.3 Å². The molecule has 0 aliphatic carbocycles. The number of hydrogen-bond acceptors (Lipinski definition) is 3. The summed E-state index contributed by atoms with van der Waals surface area (Å²) in [7, 11) is -1.60. The van der Waals surface area contributed by atoms with E-state index in [2.05, 4.69) is 38.5 Å². The number of aryl methyl sites for hydroxylation is 1. The second kappa shape index (κ2) is 3.77. The molecule has 0 fully saturated rings. The molecule has 1 aromatic rings. The van der Waals surface area contributed by atoms with Crippen molar-refractivity contribution in [2.75, 3.05) is 0 Å². The fourth-order valence-corrected chi connectivity index (χ4v) is 1.84. The van der Waals surface area contributed by atoms with Gasteiger partial charge in [-0.25, -0.2) is 4.98 Å². The van der Waals surface area contributed by atoms with Crippen LogP contribution in [0.4, 0.5) is 0 Å². The Hall–Kier alpha value is -0.773. The number of hydrogen-bond donors (Lipinski definition) is 0. The maximum absolute atomic E-state index is 5.82. The second-order valence-electron chi connectivity index (χ2n) is 4.77. The minimum Gasteiger partial charge on any atom is -0.518 e. The van der Waals surface area contributed by atoms with Gasteiger partial charge in [-0.15, -0.1) is 0 Å². The van der Waals surface area contributed by atoms with Crippen molar-refractivity contribution in [1.82, 2.24) is 4.98 Å². The Kier molecular flexibility index (Phi) is 3.04. The van der Waals surface area contributed by atoms with Gasteiger partial charge < -0.3 is 8.84 Å². The molecule has 0 atom stereocenters. The molecular formula is C10H19NO2Si. The molecular weight excluding hydrogens is 194 g/mol. The summed E-state index contributed by atoms with van der Waals surface area (Å²) < 4.78 is 11.3. The first-order valence-corrected chi connectivity index (χ1v) is 8.37. The van der Waals surface area contributed by atoms with E-state index < -0.39 is 8.32 Å². The predicted molar refractivity (Wildman–Crippen MR) is 59.3 cm³/mol. The molecule has 0 unspecified atom stereocenters. The lowest BCUT2D eigenvalue weighted by atomic mass is 10.1. The van der Waals surface area contributed by atoms with Gasteiger partial charge in [0.25, 0.3) is 5.95 Å². The first kappa shape index (κ1) is 11.3. The molecule has 0 radical (unpaired) electrons. The van der Waals surface area contributed by atoms with E-state index in [4.69, 9.17) is 8.84 Å². The molecule has 0 N–H and O–H groups in total. The zero-order valence-electron chi connectivity index (χ0n) is 9.84. The van der Waals surface area contributed by atoms with Crippen LogP contribution < -0.4 is 4.43 Å². The van der Waals surface area contributed by atoms with Crippen molar-refractivity contribution in [3.05, 3.63) is 11.6 Å². The Labute approximate surface area is 86.6 Å². The summed E-state index contributed by atoms with van der Waals surface area (Å²) in [5.74, 6) is 1.65. The van der Waals surface area contributed by atoms with Gasteiger partial charge in [0, 0.05) is 12.8 Å². The van der Waals surface area contributed by atoms with Gasteiger partial charge >= 0.3 is 0 Å². The Balaban J connectivity index is 2.96. The third kappa shape index (κ3) is 2.87. The Morgan fingerprint density at radius 1 is 1.29 bits per heavy atom. The Morgan fingerprint density at radius 2 is 1.86 bits per heavy atom. The highest BCUT2D eigenvalue weighted by atomic mass is 28.4. The highest BCUT2D eigenvalue weighted by Crippen LogP contribution is 2.28. The molecule has 14 heavy (non-hydrogen) atoms. The van der Waals surface area contributed by atoms with Crippen LogP contribution in [0.25, 0.3) is 0 Å². The molecule has 0 amide bonds. The van der Waals surface area contributed by atoms with Gasteiger partial charge in [-0.2, -0.15) is 0 Å². The number of aromatic nitrogens is 1. The summed E-state index contributed by atoms with van der Waals surface area (Å²) in [4.78, 5) is 4.32. The third-order valence-corrected chi connectivity index (χ3v) is 2.47. The van der Waals surface area contributed by atoms with E-state index in [9.17, 15) is 0 Å². The monoisotopic (exact) mass is 213 g/mol. The molecule has 0 saturated carbocycles. The van der Waals surface area contributed by atoms with Gasteiger partial charge in [0.05, 0.1) is 0 Å². The molecule has 0 bridgehead atoms. The molecule has 0 spiro atoms. The lowest BCUT2D eigenvalue weighted by Gasteiger charge is -2.17. The average molecular weight is 213 g/mol. The number of oxazole rings is 1. The van der Waals surface area contributed by atoms with E-state index in [0.717, 1.165) is 5.69 Å². The maximum Gasteiger partial charge on any atom is 0.294 e. The molecule has 80 valence electrons. The van der Waals surface area contributed by atoms with Gasteiger partial charge in [0.1, 0.15) is 5.69 Å². The van der Waals surface area contributed by atoms with Crippen molar-refractivity contribution >= 4 is 8.32 Å². The van der Waals surface area contributed by atoms with Crippen molar-refractivity contribution in [3.8, 4) is 5.95 Å². The summed E-state index contributed by atoms with van der Waals surface area (Å²) in [6.07, 6.45) is 0. The van der Waals surface area contributed by atoms with Crippen LogP contribution in [0.5, 0.6) is 5.95 Å². The highest BCUT2D eigenvalue weighted by Gasteiger charge is 2.23. The van der Waals surface area contributed by atoms with Crippen molar-refractivity contribution in [3.63, 3.8) is 0 Å². The largest absolute Gasteiger partial charge is 0.518 e. The summed E-state index contributed by atoms with van der Waals surface area (Å²) in [6, 6.07) is 0. The lowest BCUT2D eigenvalue weighted by Crippen LogP contribution is -2.29. The van der Waals surface area contributed by atoms with Gasteiger partial charge in [0.15, 0.2) is 5.89 Å². The van der Waals surface area contributed by atoms with Crippen LogP contribution in [0.3, 0.4) is 0 Å². The molecule has 0 aromatic carbocycles. The quantitative estimate of drug-likeness (QED) is 0.722. The molecule has 0 aliphatic rings. The smallest absolute Gasteiger partial charge is 0.294 e. The van der Waals surface area contributed by atoms with Gasteiger partial charge in [0.2, 0.25) is 8.32 Å². The zero-order valence-corrected chi connectivity index (χ0v) is 10.8. The van der Waals surface area contributed by atoms with Crippen LogP contribution in [-0.2, 0) is 0 Å². The summed E-state index contributed by atoms with van der Waals surface area (Å²) >= 11 is 0. The SMILES string of the molecule is Cc1nc(C(C)C)c(O[Si](C)(C)C)o1. The van der Waals surface area contributed by atoms with Gasteiger partial charge in [-0.3, -0.25) is 0 Å². The van der Waals surface area contributed by atoms with Crippen LogP contribution in [0.2, 0.25) is 19.6 Å². The predicted octanol–water partition coefficient (Wildman–Crippen LogP) is 3.32. The highest BCUT2D eigenvalue weighted by molar-refractivity contribution is 6.70. The van der Waals surface area contributed by atoms with Crippen molar-refractivity contribution in [1.29, 1.82) is 0 Å². The summed E-state index contributed by atoms with van der Waals surface area (Å²) in [5, 5.41) is 0. The van der Waals surface area contributed by atoms with Crippen molar-refractivity contribution < 1.29 is 8.84 Å². The average Bonchev–Trinajstić information content (AvgIpc) is 2.27. The molecule has 0 saturated heterocycles. The summed E-state index contributed by atoms with van der Waals surface area (Å²) in [5.41, 5.74) is 0.935. The minimum absolute atomic E-state index is 0.346. The van der Waals surface area contributed by atoms with E-state index in [-0.39, 0.29) is 0 Å². The second-order valence-corrected chi connectivity index (χ2v) is 9.20. The normalized spacial score (nSPS) is 12.2. The fourth-order valence-electron chi connectivity index (χ4n) is 1.14. The number of nitrogens with zero attached hydrogens (tertiary/aromatic N) is 1. The minimum atomic E-state index is -1.60. The molecule has 4 heteroatoms. The van der Waals surface area contributed by atoms with Crippen LogP contribution in [0.1, 0.15) is 31.4 Å². The number of rotatable bonds is 3. The molecule has 1 rings (SSSR count). The van der Waals surface area contributed by atoms with Crippen molar-refractivity contribution in [2.24, 2.45) is 0 Å². The zero-order chi connectivity index (χ0) is 10.9. The summed E-state index contributed by atoms with van der Waals surface area (Å²) in [6.45, 7) is 12.4. The van der Waals surface area contributed by atoms with Gasteiger partial charge in [-0.05, 0) is 19.6 Å². The van der Waals surface area contributed by atoms with Gasteiger partial charge in [-0.1, -0.05) is 13.8 Å². The molecule has 3 nitrogen and oxygen atoms in total. The fraction of sp³-hybridized carbons (Fsp3) is 0.700. The Morgan fingerprint density at radius 3 is 2.29 bits per heavy atom. The van der Waals surface area contributed by atoms with E-state index in [1.807, 2.05) is 6.92 Å².